The Hall–Kier alpha value is -2.24. The Balaban J connectivity index is 1.63. The zero-order valence-electron chi connectivity index (χ0n) is 21.6. The fourth-order valence-corrected chi connectivity index (χ4v) is 7.10. The number of halogens is 1. The average molecular weight is 565 g/mol. The van der Waals surface area contributed by atoms with E-state index in [1.807, 2.05) is 14.1 Å². The normalized spacial score (nSPS) is 15.4. The number of thiazole rings is 1. The summed E-state index contributed by atoms with van der Waals surface area (Å²) in [4.78, 5) is 22.3. The molecule has 3 aromatic rings. The van der Waals surface area contributed by atoms with Gasteiger partial charge in [-0.05, 0) is 82.2 Å². The van der Waals surface area contributed by atoms with E-state index in [1.54, 1.807) is 36.3 Å². The highest BCUT2D eigenvalue weighted by Gasteiger charge is 2.29. The van der Waals surface area contributed by atoms with Gasteiger partial charge in [-0.15, -0.1) is 0 Å². The molecule has 2 heterocycles. The highest BCUT2D eigenvalue weighted by molar-refractivity contribution is 7.89. The standard InChI is InChI=1S/C26H33ClN4O4S2/c1-18-12-16-30(17-13-18)37(33,34)20-8-6-19(7-9-20)25(32)31(15-5-14-29(2)3)26-28-23-22(35-4)11-10-21(27)24(23)36-26/h6-11,18H,5,12-17H2,1-4H3. The van der Waals surface area contributed by atoms with Crippen molar-refractivity contribution in [3.8, 4) is 5.75 Å². The molecule has 0 aliphatic carbocycles. The van der Waals surface area contributed by atoms with Crippen LogP contribution in [0.3, 0.4) is 0 Å². The number of carbonyl (C=O) groups is 1. The number of rotatable bonds is 9. The fraction of sp³-hybridized carbons (Fsp3) is 0.462. The predicted octanol–water partition coefficient (Wildman–Crippen LogP) is 4.98. The van der Waals surface area contributed by atoms with Gasteiger partial charge in [0.05, 0.1) is 21.7 Å². The molecule has 200 valence electrons. The third-order valence-electron chi connectivity index (χ3n) is 6.61. The predicted molar refractivity (Wildman–Crippen MR) is 150 cm³/mol. The number of fused-ring (bicyclic) bond motifs is 1. The second kappa shape index (κ2) is 11.7. The highest BCUT2D eigenvalue weighted by atomic mass is 35.5. The number of ether oxygens (including phenoxy) is 1. The lowest BCUT2D eigenvalue weighted by Crippen LogP contribution is -2.38. The second-order valence-corrected chi connectivity index (χ2v) is 13.0. The maximum atomic E-state index is 13.7. The summed E-state index contributed by atoms with van der Waals surface area (Å²) in [5.41, 5.74) is 1.01. The maximum absolute atomic E-state index is 13.7. The third-order valence-corrected chi connectivity index (χ3v) is 10.1. The van der Waals surface area contributed by atoms with Gasteiger partial charge in [0.1, 0.15) is 11.3 Å². The number of nitrogens with zero attached hydrogens (tertiary/aromatic N) is 4. The van der Waals surface area contributed by atoms with Crippen LogP contribution in [-0.4, -0.2) is 75.9 Å². The molecule has 1 fully saturated rings. The lowest BCUT2D eigenvalue weighted by atomic mass is 10.0. The first-order valence-electron chi connectivity index (χ1n) is 12.3. The van der Waals surface area contributed by atoms with Crippen molar-refractivity contribution < 1.29 is 17.9 Å². The molecule has 0 spiro atoms. The van der Waals surface area contributed by atoms with Crippen LogP contribution >= 0.6 is 22.9 Å². The molecule has 0 unspecified atom stereocenters. The number of sulfonamides is 1. The molecule has 1 aliphatic rings. The van der Waals surface area contributed by atoms with E-state index in [-0.39, 0.29) is 10.8 Å². The minimum absolute atomic E-state index is 0.203. The first-order chi connectivity index (χ1) is 17.6. The summed E-state index contributed by atoms with van der Waals surface area (Å²) in [6, 6.07) is 9.73. The molecule has 1 saturated heterocycles. The quantitative estimate of drug-likeness (QED) is 0.365. The largest absolute Gasteiger partial charge is 0.494 e. The van der Waals surface area contributed by atoms with Crippen molar-refractivity contribution in [2.75, 3.05) is 52.3 Å². The van der Waals surface area contributed by atoms with Crippen LogP contribution in [0, 0.1) is 5.92 Å². The van der Waals surface area contributed by atoms with Gasteiger partial charge in [-0.2, -0.15) is 4.31 Å². The summed E-state index contributed by atoms with van der Waals surface area (Å²) in [6.45, 7) is 4.43. The second-order valence-electron chi connectivity index (χ2n) is 9.65. The molecular formula is C26H33ClN4O4S2. The van der Waals surface area contributed by atoms with Crippen LogP contribution in [-0.2, 0) is 10.0 Å². The van der Waals surface area contributed by atoms with Crippen molar-refractivity contribution in [1.82, 2.24) is 14.2 Å². The van der Waals surface area contributed by atoms with Gasteiger partial charge in [0.15, 0.2) is 5.13 Å². The molecule has 11 heteroatoms. The summed E-state index contributed by atoms with van der Waals surface area (Å²) in [5.74, 6) is 0.871. The molecule has 1 aromatic heterocycles. The van der Waals surface area contributed by atoms with E-state index in [9.17, 15) is 13.2 Å². The van der Waals surface area contributed by atoms with E-state index in [1.165, 1.54) is 27.8 Å². The van der Waals surface area contributed by atoms with E-state index in [2.05, 4.69) is 11.8 Å². The van der Waals surface area contributed by atoms with Crippen molar-refractivity contribution in [2.45, 2.75) is 31.1 Å². The van der Waals surface area contributed by atoms with Crippen molar-refractivity contribution in [3.63, 3.8) is 0 Å². The van der Waals surface area contributed by atoms with E-state index in [0.29, 0.717) is 52.5 Å². The van der Waals surface area contributed by atoms with Crippen molar-refractivity contribution >= 4 is 54.2 Å². The van der Waals surface area contributed by atoms with Crippen LogP contribution in [0.5, 0.6) is 5.75 Å². The van der Waals surface area contributed by atoms with Crippen LogP contribution in [0.2, 0.25) is 5.02 Å². The van der Waals surface area contributed by atoms with Gasteiger partial charge in [-0.3, -0.25) is 9.69 Å². The SMILES string of the molecule is COc1ccc(Cl)c2sc(N(CCCN(C)C)C(=O)c3ccc(S(=O)(=O)N4CCC(C)CC4)cc3)nc12. The monoisotopic (exact) mass is 564 g/mol. The molecule has 0 bridgehead atoms. The zero-order chi connectivity index (χ0) is 26.7. The fourth-order valence-electron chi connectivity index (χ4n) is 4.35. The van der Waals surface area contributed by atoms with Crippen LogP contribution in [0.15, 0.2) is 41.3 Å². The molecule has 1 amide bonds. The Kier molecular flexibility index (Phi) is 8.75. The van der Waals surface area contributed by atoms with Gasteiger partial charge in [0.2, 0.25) is 10.0 Å². The van der Waals surface area contributed by atoms with Crippen LogP contribution in [0.25, 0.3) is 10.2 Å². The number of carbonyl (C=O) groups excluding carboxylic acids is 1. The molecule has 0 atom stereocenters. The Morgan fingerprint density at radius 1 is 1.14 bits per heavy atom. The number of hydrogen-bond acceptors (Lipinski definition) is 7. The van der Waals surface area contributed by atoms with Crippen molar-refractivity contribution in [1.29, 1.82) is 0 Å². The van der Waals surface area contributed by atoms with Crippen LogP contribution in [0.1, 0.15) is 36.5 Å². The number of amides is 1. The smallest absolute Gasteiger partial charge is 0.260 e. The minimum Gasteiger partial charge on any atom is -0.494 e. The van der Waals surface area contributed by atoms with Crippen LogP contribution in [0.4, 0.5) is 5.13 Å². The molecule has 2 aromatic carbocycles. The first-order valence-corrected chi connectivity index (χ1v) is 14.9. The number of benzene rings is 2. The summed E-state index contributed by atoms with van der Waals surface area (Å²) >= 11 is 7.76. The van der Waals surface area contributed by atoms with Gasteiger partial charge in [-0.25, -0.2) is 13.4 Å². The Bertz CT molecular complexity index is 1350. The molecule has 0 saturated carbocycles. The first kappa shape index (κ1) is 27.8. The van der Waals surface area contributed by atoms with Crippen LogP contribution < -0.4 is 9.64 Å². The molecular weight excluding hydrogens is 532 g/mol. The molecule has 0 radical (unpaired) electrons. The van der Waals surface area contributed by atoms with Gasteiger partial charge in [-0.1, -0.05) is 29.9 Å². The summed E-state index contributed by atoms with van der Waals surface area (Å²) in [7, 11) is 1.95. The van der Waals surface area contributed by atoms with Crippen molar-refractivity contribution in [2.24, 2.45) is 5.92 Å². The Morgan fingerprint density at radius 3 is 2.43 bits per heavy atom. The average Bonchev–Trinajstić information content (AvgIpc) is 3.33. The molecule has 37 heavy (non-hydrogen) atoms. The minimum atomic E-state index is -3.59. The Labute approximate surface area is 227 Å². The lowest BCUT2D eigenvalue weighted by Gasteiger charge is -2.29. The summed E-state index contributed by atoms with van der Waals surface area (Å²) in [6.07, 6.45) is 2.45. The zero-order valence-corrected chi connectivity index (χ0v) is 24.0. The molecule has 4 rings (SSSR count). The number of hydrogen-bond donors (Lipinski definition) is 0. The van der Waals surface area contributed by atoms with E-state index in [4.69, 9.17) is 21.3 Å². The number of aromatic nitrogens is 1. The molecule has 0 N–H and O–H groups in total. The highest BCUT2D eigenvalue weighted by Crippen LogP contribution is 2.39. The van der Waals surface area contributed by atoms with Gasteiger partial charge in [0, 0.05) is 25.2 Å². The number of piperidine rings is 1. The number of methoxy groups -OCH3 is 1. The summed E-state index contributed by atoms with van der Waals surface area (Å²) in [5, 5.41) is 1.06. The van der Waals surface area contributed by atoms with E-state index >= 15 is 0 Å². The number of anilines is 1. The van der Waals surface area contributed by atoms with E-state index in [0.717, 1.165) is 30.5 Å². The van der Waals surface area contributed by atoms with Gasteiger partial charge in [0.25, 0.3) is 5.91 Å². The Morgan fingerprint density at radius 2 is 1.81 bits per heavy atom. The van der Waals surface area contributed by atoms with Gasteiger partial charge >= 0.3 is 0 Å². The summed E-state index contributed by atoms with van der Waals surface area (Å²) < 4.78 is 34.0. The van der Waals surface area contributed by atoms with Crippen molar-refractivity contribution in [3.05, 3.63) is 47.0 Å². The van der Waals surface area contributed by atoms with E-state index < -0.39 is 10.0 Å². The topological polar surface area (TPSA) is 83.0 Å². The van der Waals surface area contributed by atoms with Gasteiger partial charge < -0.3 is 9.64 Å². The molecule has 1 aliphatic heterocycles. The lowest BCUT2D eigenvalue weighted by molar-refractivity contribution is 0.0986. The molecule has 8 nitrogen and oxygen atoms in total. The third kappa shape index (κ3) is 6.09. The maximum Gasteiger partial charge on any atom is 0.260 e.